The summed E-state index contributed by atoms with van der Waals surface area (Å²) in [5, 5.41) is 5.82. The summed E-state index contributed by atoms with van der Waals surface area (Å²) in [4.78, 5) is 16.3. The van der Waals surface area contributed by atoms with Gasteiger partial charge in [0.2, 0.25) is 11.8 Å². The molecule has 4 nitrogen and oxygen atoms in total. The third-order valence-corrected chi connectivity index (χ3v) is 4.24. The molecule has 3 rings (SSSR count). The normalized spacial score (nSPS) is 11.6. The summed E-state index contributed by atoms with van der Waals surface area (Å²) in [6, 6.07) is 3.63. The van der Waals surface area contributed by atoms with Crippen LogP contribution in [0.1, 0.15) is 17.0 Å². The van der Waals surface area contributed by atoms with Crippen LogP contribution in [0.2, 0.25) is 0 Å². The van der Waals surface area contributed by atoms with Gasteiger partial charge in [0, 0.05) is 10.9 Å². The topological polar surface area (TPSA) is 55.1 Å². The Morgan fingerprint density at radius 3 is 2.73 bits per heavy atom. The zero-order valence-electron chi connectivity index (χ0n) is 13.4. The maximum atomic E-state index is 13.7. The van der Waals surface area contributed by atoms with E-state index in [9.17, 15) is 22.4 Å². The van der Waals surface area contributed by atoms with Crippen molar-refractivity contribution in [2.45, 2.75) is 19.5 Å². The van der Waals surface area contributed by atoms with Gasteiger partial charge in [0.15, 0.2) is 0 Å². The van der Waals surface area contributed by atoms with Crippen LogP contribution in [0.3, 0.4) is 0 Å². The highest BCUT2D eigenvalue weighted by Gasteiger charge is 2.31. The number of anilines is 1. The summed E-state index contributed by atoms with van der Waals surface area (Å²) in [6.45, 7) is 1.62. The first-order chi connectivity index (χ1) is 12.2. The molecule has 0 aliphatic rings. The maximum Gasteiger partial charge on any atom is 0.416 e. The Labute approximate surface area is 149 Å². The number of hydrogen-bond donors (Lipinski definition) is 1. The number of halogens is 4. The number of carbonyl (C=O) groups excluding carboxylic acids is 1. The van der Waals surface area contributed by atoms with Crippen molar-refractivity contribution < 1.29 is 26.8 Å². The van der Waals surface area contributed by atoms with Crippen LogP contribution in [0.15, 0.2) is 39.4 Å². The smallest absolute Gasteiger partial charge is 0.416 e. The van der Waals surface area contributed by atoms with Gasteiger partial charge in [-0.2, -0.15) is 24.5 Å². The van der Waals surface area contributed by atoms with Crippen molar-refractivity contribution in [3.8, 4) is 11.5 Å². The quantitative estimate of drug-likeness (QED) is 0.641. The van der Waals surface area contributed by atoms with E-state index >= 15 is 0 Å². The molecular formula is C17H12F4N2O2S. The summed E-state index contributed by atoms with van der Waals surface area (Å²) in [6.07, 6.45) is -4.89. The first-order valence-electron chi connectivity index (χ1n) is 7.39. The van der Waals surface area contributed by atoms with Gasteiger partial charge in [-0.05, 0) is 36.6 Å². The Hall–Kier alpha value is -2.68. The molecule has 0 fully saturated rings. The van der Waals surface area contributed by atoms with Crippen molar-refractivity contribution >= 4 is 22.9 Å². The van der Waals surface area contributed by atoms with Gasteiger partial charge in [-0.25, -0.2) is 9.37 Å². The average Bonchev–Trinajstić information content (AvgIpc) is 3.19. The van der Waals surface area contributed by atoms with Crippen LogP contribution in [0.5, 0.6) is 0 Å². The lowest BCUT2D eigenvalue weighted by molar-refractivity contribution is -0.137. The molecule has 0 bridgehead atoms. The van der Waals surface area contributed by atoms with E-state index in [1.165, 1.54) is 11.3 Å². The number of oxazole rings is 1. The lowest BCUT2D eigenvalue weighted by Gasteiger charge is -2.10. The third-order valence-electron chi connectivity index (χ3n) is 3.56. The van der Waals surface area contributed by atoms with Crippen LogP contribution in [0, 0.1) is 12.7 Å². The predicted molar refractivity (Wildman–Crippen MR) is 88.3 cm³/mol. The van der Waals surface area contributed by atoms with Crippen LogP contribution in [-0.2, 0) is 17.4 Å². The molecular weight excluding hydrogens is 372 g/mol. The second kappa shape index (κ2) is 6.91. The fourth-order valence-corrected chi connectivity index (χ4v) is 2.88. The number of nitrogens with one attached hydrogen (secondary N) is 1. The molecule has 0 saturated heterocycles. The zero-order valence-corrected chi connectivity index (χ0v) is 14.2. The van der Waals surface area contributed by atoms with Crippen LogP contribution in [0.25, 0.3) is 11.5 Å². The number of carbonyl (C=O) groups is 1. The second-order valence-corrected chi connectivity index (χ2v) is 6.23. The summed E-state index contributed by atoms with van der Waals surface area (Å²) in [7, 11) is 0. The summed E-state index contributed by atoms with van der Waals surface area (Å²) in [5.41, 5.74) is -0.500. The van der Waals surface area contributed by atoms with Crippen molar-refractivity contribution in [1.29, 1.82) is 0 Å². The standard InChI is InChI=1S/C17H12F4N2O2S/c1-9-13(23-16(25-9)10-4-5-26-8-10)7-15(24)22-14-6-11(17(19,20)21)2-3-12(14)18/h2-6,8H,7H2,1H3,(H,22,24). The Bertz CT molecular complexity index is 933. The van der Waals surface area contributed by atoms with E-state index in [-0.39, 0.29) is 6.42 Å². The van der Waals surface area contributed by atoms with E-state index < -0.39 is 29.2 Å². The molecule has 1 N–H and O–H groups in total. The number of hydrogen-bond acceptors (Lipinski definition) is 4. The van der Waals surface area contributed by atoms with E-state index in [4.69, 9.17) is 4.42 Å². The van der Waals surface area contributed by atoms with Gasteiger partial charge in [-0.3, -0.25) is 4.79 Å². The second-order valence-electron chi connectivity index (χ2n) is 5.45. The zero-order chi connectivity index (χ0) is 18.9. The number of thiophene rings is 1. The van der Waals surface area contributed by atoms with E-state index in [1.54, 1.807) is 13.0 Å². The Balaban J connectivity index is 1.76. The highest BCUT2D eigenvalue weighted by atomic mass is 32.1. The SMILES string of the molecule is Cc1oc(-c2ccsc2)nc1CC(=O)Nc1cc(C(F)(F)F)ccc1F. The number of aryl methyl sites for hydroxylation is 1. The molecule has 0 aliphatic heterocycles. The highest BCUT2D eigenvalue weighted by molar-refractivity contribution is 7.08. The number of alkyl halides is 3. The Morgan fingerprint density at radius 2 is 2.08 bits per heavy atom. The molecule has 1 amide bonds. The summed E-state index contributed by atoms with van der Waals surface area (Å²) < 4.78 is 57.4. The fraction of sp³-hybridized carbons (Fsp3) is 0.176. The van der Waals surface area contributed by atoms with Gasteiger partial charge in [0.1, 0.15) is 11.6 Å². The number of rotatable bonds is 4. The first kappa shape index (κ1) is 18.1. The minimum atomic E-state index is -4.63. The molecule has 2 aromatic heterocycles. The fourth-order valence-electron chi connectivity index (χ4n) is 2.25. The molecule has 3 aromatic rings. The lowest BCUT2D eigenvalue weighted by Crippen LogP contribution is -2.17. The molecule has 0 spiro atoms. The monoisotopic (exact) mass is 384 g/mol. The van der Waals surface area contributed by atoms with E-state index in [0.717, 1.165) is 5.56 Å². The van der Waals surface area contributed by atoms with Gasteiger partial charge in [-0.15, -0.1) is 0 Å². The average molecular weight is 384 g/mol. The molecule has 0 aliphatic carbocycles. The summed E-state index contributed by atoms with van der Waals surface area (Å²) >= 11 is 1.46. The molecule has 0 atom stereocenters. The van der Waals surface area contributed by atoms with Crippen LogP contribution < -0.4 is 5.32 Å². The molecule has 0 radical (unpaired) electrons. The van der Waals surface area contributed by atoms with Crippen molar-refractivity contribution in [2.75, 3.05) is 5.32 Å². The van der Waals surface area contributed by atoms with Gasteiger partial charge >= 0.3 is 6.18 Å². The molecule has 26 heavy (non-hydrogen) atoms. The molecule has 136 valence electrons. The van der Waals surface area contributed by atoms with Crippen molar-refractivity contribution in [2.24, 2.45) is 0 Å². The molecule has 9 heteroatoms. The number of amides is 1. The van der Waals surface area contributed by atoms with Crippen LogP contribution in [-0.4, -0.2) is 10.9 Å². The molecule has 1 aromatic carbocycles. The van der Waals surface area contributed by atoms with Crippen LogP contribution in [0.4, 0.5) is 23.2 Å². The lowest BCUT2D eigenvalue weighted by atomic mass is 10.1. The van der Waals surface area contributed by atoms with Crippen molar-refractivity contribution in [3.05, 3.63) is 57.9 Å². The van der Waals surface area contributed by atoms with Crippen molar-refractivity contribution in [3.63, 3.8) is 0 Å². The van der Waals surface area contributed by atoms with Gasteiger partial charge in [0.25, 0.3) is 0 Å². The molecule has 2 heterocycles. The summed E-state index contributed by atoms with van der Waals surface area (Å²) in [5.74, 6) is -0.902. The van der Waals surface area contributed by atoms with Crippen molar-refractivity contribution in [1.82, 2.24) is 4.98 Å². The largest absolute Gasteiger partial charge is 0.441 e. The molecule has 0 unspecified atom stereocenters. The van der Waals surface area contributed by atoms with E-state index in [0.29, 0.717) is 35.5 Å². The highest BCUT2D eigenvalue weighted by Crippen LogP contribution is 2.32. The predicted octanol–water partition coefficient (Wildman–Crippen LogP) is 5.05. The number of aromatic nitrogens is 1. The van der Waals surface area contributed by atoms with Gasteiger partial charge in [0.05, 0.1) is 23.4 Å². The minimum Gasteiger partial charge on any atom is -0.441 e. The van der Waals surface area contributed by atoms with Crippen LogP contribution >= 0.6 is 11.3 Å². The Kier molecular flexibility index (Phi) is 4.82. The van der Waals surface area contributed by atoms with E-state index in [2.05, 4.69) is 10.3 Å². The molecule has 0 saturated carbocycles. The number of nitrogens with zero attached hydrogens (tertiary/aromatic N) is 1. The third kappa shape index (κ3) is 3.93. The minimum absolute atomic E-state index is 0.255. The Morgan fingerprint density at radius 1 is 1.31 bits per heavy atom. The maximum absolute atomic E-state index is 13.7. The first-order valence-corrected chi connectivity index (χ1v) is 8.34. The number of benzene rings is 1. The van der Waals surface area contributed by atoms with Gasteiger partial charge in [-0.1, -0.05) is 0 Å². The van der Waals surface area contributed by atoms with E-state index in [1.807, 2.05) is 10.8 Å². The van der Waals surface area contributed by atoms with Gasteiger partial charge < -0.3 is 9.73 Å².